The lowest BCUT2D eigenvalue weighted by atomic mass is 9.92. The van der Waals surface area contributed by atoms with Crippen molar-refractivity contribution in [2.45, 2.75) is 101 Å². The highest BCUT2D eigenvalue weighted by molar-refractivity contribution is 5.39. The zero-order chi connectivity index (χ0) is 16.0. The highest BCUT2D eigenvalue weighted by atomic mass is 14.1. The Balaban J connectivity index is -0.000000479. The molecule has 1 aromatic carbocycles. The summed E-state index contributed by atoms with van der Waals surface area (Å²) in [7, 11) is 0. The minimum absolute atomic E-state index is 0. The zero-order valence-corrected chi connectivity index (χ0v) is 15.4. The molecular formula is C21H42. The van der Waals surface area contributed by atoms with E-state index in [0.717, 1.165) is 0 Å². The molecule has 126 valence electrons. The fourth-order valence-electron chi connectivity index (χ4n) is 2.28. The molecule has 0 aliphatic rings. The van der Waals surface area contributed by atoms with Crippen molar-refractivity contribution in [2.75, 3.05) is 0 Å². The molecule has 0 saturated carbocycles. The third-order valence-corrected chi connectivity index (χ3v) is 3.18. The van der Waals surface area contributed by atoms with Gasteiger partial charge >= 0.3 is 0 Å². The average molecular weight is 295 g/mol. The van der Waals surface area contributed by atoms with Crippen molar-refractivity contribution < 1.29 is 0 Å². The SMILES string of the molecule is C.CC.CCC.CCCc1cc(CC)c(CC)cc1CC. The molecule has 0 N–H and O–H groups in total. The molecule has 0 aromatic heterocycles. The van der Waals surface area contributed by atoms with E-state index in [2.05, 4.69) is 53.7 Å². The highest BCUT2D eigenvalue weighted by Crippen LogP contribution is 2.20. The number of aryl methyl sites for hydroxylation is 4. The lowest BCUT2D eigenvalue weighted by molar-refractivity contribution is 0.886. The maximum Gasteiger partial charge on any atom is -0.0279 e. The van der Waals surface area contributed by atoms with E-state index in [4.69, 9.17) is 0 Å². The quantitative estimate of drug-likeness (QED) is 0.530. The molecule has 0 spiro atoms. The number of hydrogen-bond donors (Lipinski definition) is 0. The number of benzene rings is 1. The Bertz CT molecular complexity index is 323. The Kier molecular flexibility index (Phi) is 20.7. The first kappa shape index (κ1) is 25.2. The van der Waals surface area contributed by atoms with Crippen LogP contribution in [0.1, 0.15) is 97.9 Å². The second-order valence-electron chi connectivity index (χ2n) is 4.91. The second kappa shape index (κ2) is 17.3. The van der Waals surface area contributed by atoms with Crippen LogP contribution in [-0.2, 0) is 25.7 Å². The zero-order valence-electron chi connectivity index (χ0n) is 15.4. The van der Waals surface area contributed by atoms with Gasteiger partial charge in [0.15, 0.2) is 0 Å². The minimum Gasteiger partial charge on any atom is -0.0776 e. The summed E-state index contributed by atoms with van der Waals surface area (Å²) in [5.41, 5.74) is 6.24. The van der Waals surface area contributed by atoms with Crippen molar-refractivity contribution >= 4 is 0 Å². The summed E-state index contributed by atoms with van der Waals surface area (Å²) in [5, 5.41) is 0. The monoisotopic (exact) mass is 294 g/mol. The Labute approximate surface area is 136 Å². The van der Waals surface area contributed by atoms with Crippen LogP contribution < -0.4 is 0 Å². The number of rotatable bonds is 5. The highest BCUT2D eigenvalue weighted by Gasteiger charge is 2.06. The lowest BCUT2D eigenvalue weighted by Crippen LogP contribution is -1.99. The van der Waals surface area contributed by atoms with E-state index in [1.165, 1.54) is 38.5 Å². The van der Waals surface area contributed by atoms with E-state index in [1.807, 2.05) is 13.8 Å². The van der Waals surface area contributed by atoms with Gasteiger partial charge in [-0.25, -0.2) is 0 Å². The Morgan fingerprint density at radius 1 is 0.619 bits per heavy atom. The molecule has 0 unspecified atom stereocenters. The van der Waals surface area contributed by atoms with Gasteiger partial charge in [-0.3, -0.25) is 0 Å². The van der Waals surface area contributed by atoms with Crippen LogP contribution in [0, 0.1) is 0 Å². The van der Waals surface area contributed by atoms with E-state index >= 15 is 0 Å². The van der Waals surface area contributed by atoms with E-state index in [1.54, 1.807) is 22.3 Å². The smallest absolute Gasteiger partial charge is 0.0279 e. The summed E-state index contributed by atoms with van der Waals surface area (Å²) < 4.78 is 0. The van der Waals surface area contributed by atoms with Gasteiger partial charge in [0.05, 0.1) is 0 Å². The molecular weight excluding hydrogens is 252 g/mol. The van der Waals surface area contributed by atoms with E-state index in [9.17, 15) is 0 Å². The van der Waals surface area contributed by atoms with Crippen LogP contribution in [-0.4, -0.2) is 0 Å². The predicted molar refractivity (Wildman–Crippen MR) is 103 cm³/mol. The molecule has 21 heavy (non-hydrogen) atoms. The van der Waals surface area contributed by atoms with Crippen LogP contribution in [0.4, 0.5) is 0 Å². The molecule has 0 heterocycles. The maximum absolute atomic E-state index is 2.45. The molecule has 0 radical (unpaired) electrons. The van der Waals surface area contributed by atoms with Gasteiger partial charge in [-0.2, -0.15) is 0 Å². The molecule has 0 heteroatoms. The molecule has 0 aliphatic carbocycles. The summed E-state index contributed by atoms with van der Waals surface area (Å²) in [4.78, 5) is 0. The fraction of sp³-hybridized carbons (Fsp3) is 0.714. The Morgan fingerprint density at radius 3 is 1.19 bits per heavy atom. The first-order valence-electron chi connectivity index (χ1n) is 8.81. The fourth-order valence-corrected chi connectivity index (χ4v) is 2.28. The molecule has 0 bridgehead atoms. The molecule has 0 saturated heterocycles. The van der Waals surface area contributed by atoms with Crippen molar-refractivity contribution in [1.29, 1.82) is 0 Å². The van der Waals surface area contributed by atoms with Crippen molar-refractivity contribution in [3.8, 4) is 0 Å². The van der Waals surface area contributed by atoms with Gasteiger partial charge in [-0.15, -0.1) is 0 Å². The van der Waals surface area contributed by atoms with Crippen molar-refractivity contribution in [3.63, 3.8) is 0 Å². The van der Waals surface area contributed by atoms with Crippen LogP contribution in [0.2, 0.25) is 0 Å². The maximum atomic E-state index is 2.45. The largest absolute Gasteiger partial charge is 0.0776 e. The molecule has 1 aromatic rings. The molecule has 0 fully saturated rings. The van der Waals surface area contributed by atoms with Crippen molar-refractivity contribution in [3.05, 3.63) is 34.4 Å². The first-order chi connectivity index (χ1) is 9.68. The van der Waals surface area contributed by atoms with Crippen LogP contribution in [0.5, 0.6) is 0 Å². The molecule has 1 rings (SSSR count). The van der Waals surface area contributed by atoms with Gasteiger partial charge in [-0.1, -0.05) is 87.8 Å². The standard InChI is InChI=1S/C15H24.C3H8.C2H6.CH4/c1-5-9-15-11-13(7-3)12(6-2)10-14(15)8-4;1-3-2;1-2;/h10-11H,5-9H2,1-4H3;3H2,1-2H3;1-2H3;1H4. The minimum atomic E-state index is 0. The summed E-state index contributed by atoms with van der Waals surface area (Å²) in [6, 6.07) is 4.88. The third kappa shape index (κ3) is 9.72. The van der Waals surface area contributed by atoms with Crippen LogP contribution >= 0.6 is 0 Å². The van der Waals surface area contributed by atoms with Gasteiger partial charge < -0.3 is 0 Å². The van der Waals surface area contributed by atoms with Gasteiger partial charge in [0.25, 0.3) is 0 Å². The molecule has 0 amide bonds. The first-order valence-corrected chi connectivity index (χ1v) is 8.81. The summed E-state index contributed by atoms with van der Waals surface area (Å²) in [6.07, 6.45) is 7.25. The summed E-state index contributed by atoms with van der Waals surface area (Å²) >= 11 is 0. The molecule has 0 nitrogen and oxygen atoms in total. The van der Waals surface area contributed by atoms with Crippen molar-refractivity contribution in [1.82, 2.24) is 0 Å². The van der Waals surface area contributed by atoms with Crippen LogP contribution in [0.25, 0.3) is 0 Å². The van der Waals surface area contributed by atoms with Gasteiger partial charge in [0.2, 0.25) is 0 Å². The van der Waals surface area contributed by atoms with E-state index in [-0.39, 0.29) is 7.43 Å². The van der Waals surface area contributed by atoms with Crippen molar-refractivity contribution in [2.24, 2.45) is 0 Å². The average Bonchev–Trinajstić information content (AvgIpc) is 2.50. The predicted octanol–water partition coefficient (Wildman–Crippen LogP) is 7.40. The Morgan fingerprint density at radius 2 is 0.905 bits per heavy atom. The van der Waals surface area contributed by atoms with E-state index < -0.39 is 0 Å². The lowest BCUT2D eigenvalue weighted by Gasteiger charge is -2.13. The normalized spacial score (nSPS) is 8.76. The van der Waals surface area contributed by atoms with E-state index in [0.29, 0.717) is 0 Å². The second-order valence-corrected chi connectivity index (χ2v) is 4.91. The molecule has 0 aliphatic heterocycles. The van der Waals surface area contributed by atoms with Crippen LogP contribution in [0.15, 0.2) is 12.1 Å². The third-order valence-electron chi connectivity index (χ3n) is 3.18. The summed E-state index contributed by atoms with van der Waals surface area (Å²) in [5.74, 6) is 0. The topological polar surface area (TPSA) is 0 Å². The van der Waals surface area contributed by atoms with Crippen LogP contribution in [0.3, 0.4) is 0 Å². The van der Waals surface area contributed by atoms with Gasteiger partial charge in [-0.05, 0) is 47.9 Å². The number of hydrogen-bond acceptors (Lipinski definition) is 0. The van der Waals surface area contributed by atoms with Gasteiger partial charge in [0.1, 0.15) is 0 Å². The Hall–Kier alpha value is -0.780. The summed E-state index contributed by atoms with van der Waals surface area (Å²) in [6.45, 7) is 17.3. The molecule has 0 atom stereocenters. The van der Waals surface area contributed by atoms with Gasteiger partial charge in [0, 0.05) is 0 Å².